The maximum Gasteiger partial charge on any atom is 0.416 e. The minimum absolute atomic E-state index is 0.144. The molecule has 8 heteroatoms. The van der Waals surface area contributed by atoms with Crippen molar-refractivity contribution in [3.63, 3.8) is 0 Å². The van der Waals surface area contributed by atoms with Gasteiger partial charge < -0.3 is 20.4 Å². The molecule has 1 aromatic carbocycles. The number of hydrogen-bond donors (Lipinski definition) is 4. The minimum atomic E-state index is -4.60. The molecule has 5 nitrogen and oxygen atoms in total. The fraction of sp³-hybridized carbons (Fsp3) is 0.417. The smallest absolute Gasteiger partial charge is 0.416 e. The minimum Gasteiger partial charge on any atom is -0.481 e. The predicted octanol–water partition coefficient (Wildman–Crippen LogP) is 1.07. The van der Waals surface area contributed by atoms with Gasteiger partial charge in [-0.25, -0.2) is 0 Å². The molecule has 4 N–H and O–H groups in total. The molecule has 20 heavy (non-hydrogen) atoms. The lowest BCUT2D eigenvalue weighted by Gasteiger charge is -2.20. The Bertz CT molecular complexity index is 486. The lowest BCUT2D eigenvalue weighted by Crippen LogP contribution is -2.23. The van der Waals surface area contributed by atoms with Gasteiger partial charge in [0.05, 0.1) is 24.7 Å². The molecule has 0 saturated heterocycles. The van der Waals surface area contributed by atoms with E-state index in [1.165, 1.54) is 0 Å². The van der Waals surface area contributed by atoms with E-state index in [2.05, 4.69) is 0 Å². The van der Waals surface area contributed by atoms with Crippen molar-refractivity contribution >= 4 is 5.97 Å². The summed E-state index contributed by atoms with van der Waals surface area (Å²) < 4.78 is 37.5. The third-order valence-corrected chi connectivity index (χ3v) is 2.71. The fourth-order valence-corrected chi connectivity index (χ4v) is 1.71. The molecule has 0 heterocycles. The van der Waals surface area contributed by atoms with E-state index < -0.39 is 42.9 Å². The Morgan fingerprint density at radius 3 is 2.30 bits per heavy atom. The number of aliphatic hydroxyl groups is 3. The van der Waals surface area contributed by atoms with E-state index in [0.29, 0.717) is 12.1 Å². The van der Waals surface area contributed by atoms with Gasteiger partial charge in [-0.2, -0.15) is 13.2 Å². The Kier molecular flexibility index (Phi) is 5.09. The normalized spacial score (nSPS) is 14.9. The number of halogens is 3. The number of aliphatic hydroxyl groups excluding tert-OH is 3. The molecule has 0 aromatic heterocycles. The Hall–Kier alpha value is -1.64. The SMILES string of the molecule is O=C(O)CC(O)C(O)c1ccc(C(F)(F)F)cc1CO. The summed E-state index contributed by atoms with van der Waals surface area (Å²) in [4.78, 5) is 10.4. The van der Waals surface area contributed by atoms with Gasteiger partial charge in [0, 0.05) is 0 Å². The summed E-state index contributed by atoms with van der Waals surface area (Å²) in [5, 5.41) is 36.7. The lowest BCUT2D eigenvalue weighted by molar-refractivity contribution is -0.141. The van der Waals surface area contributed by atoms with E-state index in [-0.39, 0.29) is 11.1 Å². The molecular weight excluding hydrogens is 281 g/mol. The molecule has 2 unspecified atom stereocenters. The van der Waals surface area contributed by atoms with Gasteiger partial charge in [0.25, 0.3) is 0 Å². The Labute approximate surface area is 111 Å². The van der Waals surface area contributed by atoms with Crippen LogP contribution in [0.25, 0.3) is 0 Å². The molecule has 0 bridgehead atoms. The molecule has 1 aromatic rings. The first-order chi connectivity index (χ1) is 9.16. The number of carboxylic acid groups (broad SMARTS) is 1. The highest BCUT2D eigenvalue weighted by atomic mass is 19.4. The van der Waals surface area contributed by atoms with Crippen molar-refractivity contribution in [2.45, 2.75) is 31.4 Å². The Morgan fingerprint density at radius 2 is 1.85 bits per heavy atom. The monoisotopic (exact) mass is 294 g/mol. The van der Waals surface area contributed by atoms with Crippen LogP contribution in [0.2, 0.25) is 0 Å². The zero-order valence-corrected chi connectivity index (χ0v) is 10.1. The molecule has 2 atom stereocenters. The van der Waals surface area contributed by atoms with Crippen LogP contribution in [0.5, 0.6) is 0 Å². The average Bonchev–Trinajstić information content (AvgIpc) is 2.35. The standard InChI is InChI=1S/C12H13F3O5/c13-12(14,15)7-1-2-8(6(3-7)5-16)11(20)9(17)4-10(18)19/h1-3,9,11,16-17,20H,4-5H2,(H,18,19). The molecule has 0 fully saturated rings. The van der Waals surface area contributed by atoms with E-state index in [1.54, 1.807) is 0 Å². The quantitative estimate of drug-likeness (QED) is 0.651. The maximum absolute atomic E-state index is 12.5. The van der Waals surface area contributed by atoms with Crippen molar-refractivity contribution in [2.24, 2.45) is 0 Å². The summed E-state index contributed by atoms with van der Waals surface area (Å²) in [5.74, 6) is -1.37. The molecule has 0 amide bonds. The van der Waals surface area contributed by atoms with Gasteiger partial charge in [-0.05, 0) is 23.3 Å². The van der Waals surface area contributed by atoms with Gasteiger partial charge in [0.1, 0.15) is 6.10 Å². The summed E-state index contributed by atoms with van der Waals surface area (Å²) in [6, 6.07) is 2.24. The van der Waals surface area contributed by atoms with Crippen molar-refractivity contribution in [3.8, 4) is 0 Å². The molecule has 0 aliphatic carbocycles. The van der Waals surface area contributed by atoms with Gasteiger partial charge >= 0.3 is 12.1 Å². The number of hydrogen-bond acceptors (Lipinski definition) is 4. The highest BCUT2D eigenvalue weighted by molar-refractivity contribution is 5.67. The summed E-state index contributed by atoms with van der Waals surface area (Å²) in [6.45, 7) is -0.782. The predicted molar refractivity (Wildman–Crippen MR) is 60.6 cm³/mol. The third-order valence-electron chi connectivity index (χ3n) is 2.71. The lowest BCUT2D eigenvalue weighted by atomic mass is 9.95. The summed E-state index contributed by atoms with van der Waals surface area (Å²) in [6.07, 6.45) is -8.76. The molecule has 0 spiro atoms. The van der Waals surface area contributed by atoms with Crippen LogP contribution >= 0.6 is 0 Å². The van der Waals surface area contributed by atoms with Crippen LogP contribution in [0, 0.1) is 0 Å². The third kappa shape index (κ3) is 3.92. The van der Waals surface area contributed by atoms with Crippen molar-refractivity contribution in [1.82, 2.24) is 0 Å². The first-order valence-electron chi connectivity index (χ1n) is 5.55. The Morgan fingerprint density at radius 1 is 1.25 bits per heavy atom. The van der Waals surface area contributed by atoms with E-state index in [4.69, 9.17) is 10.2 Å². The summed E-state index contributed by atoms with van der Waals surface area (Å²) in [7, 11) is 0. The van der Waals surface area contributed by atoms with Gasteiger partial charge in [-0.15, -0.1) is 0 Å². The van der Waals surface area contributed by atoms with Crippen LogP contribution in [-0.4, -0.2) is 32.5 Å². The largest absolute Gasteiger partial charge is 0.481 e. The van der Waals surface area contributed by atoms with E-state index >= 15 is 0 Å². The van der Waals surface area contributed by atoms with Gasteiger partial charge in [-0.1, -0.05) is 6.07 Å². The van der Waals surface area contributed by atoms with Crippen molar-refractivity contribution < 1.29 is 38.4 Å². The second-order valence-corrected chi connectivity index (χ2v) is 4.18. The Balaban J connectivity index is 3.09. The fourth-order valence-electron chi connectivity index (χ4n) is 1.71. The molecule has 1 rings (SSSR count). The van der Waals surface area contributed by atoms with E-state index in [0.717, 1.165) is 6.07 Å². The number of benzene rings is 1. The zero-order valence-electron chi connectivity index (χ0n) is 10.1. The first kappa shape index (κ1) is 16.4. The number of aliphatic carboxylic acids is 1. The molecule has 112 valence electrons. The van der Waals surface area contributed by atoms with E-state index in [9.17, 15) is 28.2 Å². The topological polar surface area (TPSA) is 98.0 Å². The van der Waals surface area contributed by atoms with Gasteiger partial charge in [0.2, 0.25) is 0 Å². The second kappa shape index (κ2) is 6.21. The van der Waals surface area contributed by atoms with Crippen molar-refractivity contribution in [1.29, 1.82) is 0 Å². The summed E-state index contributed by atoms with van der Waals surface area (Å²) in [5.41, 5.74) is -1.38. The number of carbonyl (C=O) groups is 1. The van der Waals surface area contributed by atoms with Gasteiger partial charge in [-0.3, -0.25) is 4.79 Å². The van der Waals surface area contributed by atoms with Crippen LogP contribution in [0.1, 0.15) is 29.2 Å². The van der Waals surface area contributed by atoms with E-state index in [1.807, 2.05) is 0 Å². The molecule has 0 radical (unpaired) electrons. The first-order valence-corrected chi connectivity index (χ1v) is 5.55. The number of carboxylic acids is 1. The average molecular weight is 294 g/mol. The number of alkyl halides is 3. The molecule has 0 aliphatic heterocycles. The van der Waals surface area contributed by atoms with Crippen LogP contribution in [0.4, 0.5) is 13.2 Å². The van der Waals surface area contributed by atoms with Crippen LogP contribution in [0.3, 0.4) is 0 Å². The van der Waals surface area contributed by atoms with Crippen LogP contribution in [0.15, 0.2) is 18.2 Å². The van der Waals surface area contributed by atoms with Crippen LogP contribution < -0.4 is 0 Å². The summed E-state index contributed by atoms with van der Waals surface area (Å²) >= 11 is 0. The molecular formula is C12H13F3O5. The zero-order chi connectivity index (χ0) is 15.5. The number of rotatable bonds is 5. The van der Waals surface area contributed by atoms with Gasteiger partial charge in [0.15, 0.2) is 0 Å². The maximum atomic E-state index is 12.5. The highest BCUT2D eigenvalue weighted by Crippen LogP contribution is 2.32. The van der Waals surface area contributed by atoms with Crippen molar-refractivity contribution in [2.75, 3.05) is 0 Å². The second-order valence-electron chi connectivity index (χ2n) is 4.18. The van der Waals surface area contributed by atoms with Crippen LogP contribution in [-0.2, 0) is 17.6 Å². The molecule has 0 aliphatic rings. The highest BCUT2D eigenvalue weighted by Gasteiger charge is 2.32. The molecule has 0 saturated carbocycles. The van der Waals surface area contributed by atoms with Crippen molar-refractivity contribution in [3.05, 3.63) is 34.9 Å².